The molecule has 5 nitrogen and oxygen atoms in total. The zero-order valence-electron chi connectivity index (χ0n) is 10.5. The number of hydrogen-bond acceptors (Lipinski definition) is 3. The van der Waals surface area contributed by atoms with E-state index in [1.54, 1.807) is 6.07 Å². The van der Waals surface area contributed by atoms with E-state index in [-0.39, 0.29) is 17.5 Å². The second-order valence-corrected chi connectivity index (χ2v) is 6.01. The van der Waals surface area contributed by atoms with E-state index in [2.05, 4.69) is 26.2 Å². The molecule has 3 heterocycles. The molecule has 2 fully saturated rings. The van der Waals surface area contributed by atoms with Gasteiger partial charge in [0.1, 0.15) is 0 Å². The highest BCUT2D eigenvalue weighted by Gasteiger charge is 2.38. The summed E-state index contributed by atoms with van der Waals surface area (Å²) in [5, 5.41) is 3.37. The van der Waals surface area contributed by atoms with E-state index < -0.39 is 0 Å². The van der Waals surface area contributed by atoms with Crippen LogP contribution in [-0.4, -0.2) is 41.0 Å². The summed E-state index contributed by atoms with van der Waals surface area (Å²) in [6.07, 6.45) is 4.66. The molecule has 6 heteroatoms. The number of halogens is 1. The number of carbonyl (C=O) groups is 1. The van der Waals surface area contributed by atoms with E-state index in [0.717, 1.165) is 32.4 Å². The number of carbonyl (C=O) groups excluding carboxylic acids is 1. The molecule has 3 rings (SSSR count). The van der Waals surface area contributed by atoms with Crippen molar-refractivity contribution in [2.24, 2.45) is 0 Å². The number of rotatable bonds is 1. The highest BCUT2D eigenvalue weighted by Crippen LogP contribution is 2.29. The monoisotopic (exact) mass is 325 g/mol. The fourth-order valence-corrected chi connectivity index (χ4v) is 3.40. The Bertz CT molecular complexity index is 543. The molecule has 2 aliphatic rings. The lowest BCUT2D eigenvalue weighted by molar-refractivity contribution is 0.0679. The predicted octanol–water partition coefficient (Wildman–Crippen LogP) is 1.10. The Hall–Kier alpha value is -1.14. The molecule has 0 aliphatic carbocycles. The molecule has 0 aromatic carbocycles. The Morgan fingerprint density at radius 2 is 2.11 bits per heavy atom. The topological polar surface area (TPSA) is 65.2 Å². The molecular formula is C13H16BrN3O2. The van der Waals surface area contributed by atoms with Crippen LogP contribution in [-0.2, 0) is 0 Å². The molecule has 1 aromatic heterocycles. The van der Waals surface area contributed by atoms with Gasteiger partial charge in [0.2, 0.25) is 0 Å². The largest absolute Gasteiger partial charge is 0.331 e. The molecule has 1 amide bonds. The number of hydrogen-bond donors (Lipinski definition) is 2. The van der Waals surface area contributed by atoms with Crippen LogP contribution in [0.15, 0.2) is 21.5 Å². The predicted molar refractivity (Wildman–Crippen MR) is 75.2 cm³/mol. The molecule has 2 unspecified atom stereocenters. The van der Waals surface area contributed by atoms with Crippen molar-refractivity contribution >= 4 is 21.8 Å². The highest BCUT2D eigenvalue weighted by molar-refractivity contribution is 9.10. The fourth-order valence-electron chi connectivity index (χ4n) is 3.04. The maximum atomic E-state index is 12.6. The van der Waals surface area contributed by atoms with Gasteiger partial charge in [-0.25, -0.2) is 0 Å². The second kappa shape index (κ2) is 5.09. The van der Waals surface area contributed by atoms with Crippen LogP contribution in [0.4, 0.5) is 0 Å². The van der Waals surface area contributed by atoms with Crippen molar-refractivity contribution in [1.82, 2.24) is 15.2 Å². The third-order valence-corrected chi connectivity index (χ3v) is 4.58. The van der Waals surface area contributed by atoms with Gasteiger partial charge in [0, 0.05) is 24.8 Å². The molecule has 2 saturated heterocycles. The molecule has 1 aromatic rings. The number of nitrogens with one attached hydrogen (secondary N) is 2. The molecular weight excluding hydrogens is 310 g/mol. The van der Waals surface area contributed by atoms with Crippen LogP contribution >= 0.6 is 15.9 Å². The molecule has 0 spiro atoms. The minimum absolute atomic E-state index is 0.0214. The summed E-state index contributed by atoms with van der Waals surface area (Å²) in [5.41, 5.74) is 0.335. The highest BCUT2D eigenvalue weighted by atomic mass is 79.9. The average Bonchev–Trinajstić information content (AvgIpc) is 2.65. The van der Waals surface area contributed by atoms with Gasteiger partial charge in [-0.05, 0) is 47.8 Å². The van der Waals surface area contributed by atoms with Crippen molar-refractivity contribution in [3.63, 3.8) is 0 Å². The van der Waals surface area contributed by atoms with Crippen molar-refractivity contribution in [2.75, 3.05) is 13.1 Å². The van der Waals surface area contributed by atoms with Crippen LogP contribution in [0.1, 0.15) is 29.6 Å². The average molecular weight is 326 g/mol. The minimum atomic E-state index is -0.211. The van der Waals surface area contributed by atoms with E-state index in [0.29, 0.717) is 16.1 Å². The van der Waals surface area contributed by atoms with Gasteiger partial charge in [-0.1, -0.05) is 0 Å². The normalized spacial score (nSPS) is 26.3. The number of H-pyrrole nitrogens is 1. The molecule has 19 heavy (non-hydrogen) atoms. The first kappa shape index (κ1) is 12.9. The summed E-state index contributed by atoms with van der Waals surface area (Å²) in [7, 11) is 0. The van der Waals surface area contributed by atoms with Crippen molar-refractivity contribution < 1.29 is 4.79 Å². The summed E-state index contributed by atoms with van der Waals surface area (Å²) in [4.78, 5) is 28.5. The van der Waals surface area contributed by atoms with Crippen LogP contribution in [0.2, 0.25) is 0 Å². The van der Waals surface area contributed by atoms with E-state index in [9.17, 15) is 9.59 Å². The first-order valence-electron chi connectivity index (χ1n) is 6.58. The van der Waals surface area contributed by atoms with Crippen molar-refractivity contribution in [2.45, 2.75) is 31.3 Å². The van der Waals surface area contributed by atoms with Crippen LogP contribution in [0.25, 0.3) is 0 Å². The number of amides is 1. The Morgan fingerprint density at radius 3 is 2.89 bits per heavy atom. The van der Waals surface area contributed by atoms with Crippen molar-refractivity contribution in [1.29, 1.82) is 0 Å². The Kier molecular flexibility index (Phi) is 3.45. The summed E-state index contributed by atoms with van der Waals surface area (Å²) in [6.45, 7) is 1.84. The van der Waals surface area contributed by atoms with Crippen molar-refractivity contribution in [3.05, 3.63) is 32.7 Å². The number of aromatic amines is 1. The number of pyridine rings is 1. The first-order valence-corrected chi connectivity index (χ1v) is 7.38. The molecule has 0 radical (unpaired) electrons. The zero-order chi connectivity index (χ0) is 13.4. The number of fused-ring (bicyclic) bond motifs is 2. The molecule has 2 N–H and O–H groups in total. The van der Waals surface area contributed by atoms with E-state index in [4.69, 9.17) is 0 Å². The van der Waals surface area contributed by atoms with Gasteiger partial charge in [-0.2, -0.15) is 0 Å². The summed E-state index contributed by atoms with van der Waals surface area (Å²) >= 11 is 3.17. The second-order valence-electron chi connectivity index (χ2n) is 5.16. The van der Waals surface area contributed by atoms with E-state index >= 15 is 0 Å². The lowest BCUT2D eigenvalue weighted by Crippen LogP contribution is -2.42. The van der Waals surface area contributed by atoms with Gasteiger partial charge in [0.05, 0.1) is 10.0 Å². The first-order chi connectivity index (χ1) is 9.16. The van der Waals surface area contributed by atoms with E-state index in [1.807, 2.05) is 4.90 Å². The number of aromatic nitrogens is 1. The van der Waals surface area contributed by atoms with Gasteiger partial charge in [-0.15, -0.1) is 0 Å². The van der Waals surface area contributed by atoms with E-state index in [1.165, 1.54) is 6.20 Å². The van der Waals surface area contributed by atoms with Crippen LogP contribution < -0.4 is 10.9 Å². The Morgan fingerprint density at radius 1 is 1.32 bits per heavy atom. The molecule has 2 aliphatic heterocycles. The standard InChI is InChI=1S/C13H16BrN3O2/c14-11-5-8(6-16-12(11)18)13(19)17-9-1-2-10(17)7-15-4-3-9/h5-6,9-10,15H,1-4,7H2,(H,16,18). The Balaban J connectivity index is 1.90. The summed E-state index contributed by atoms with van der Waals surface area (Å²) in [6, 6.07) is 2.22. The molecule has 0 saturated carbocycles. The van der Waals surface area contributed by atoms with Crippen LogP contribution in [0, 0.1) is 0 Å². The third-order valence-electron chi connectivity index (χ3n) is 3.99. The molecule has 2 atom stereocenters. The smallest absolute Gasteiger partial charge is 0.262 e. The van der Waals surface area contributed by atoms with Gasteiger partial charge in [0.25, 0.3) is 11.5 Å². The molecule has 102 valence electrons. The van der Waals surface area contributed by atoms with Gasteiger partial charge in [0.15, 0.2) is 0 Å². The van der Waals surface area contributed by atoms with Crippen molar-refractivity contribution in [3.8, 4) is 0 Å². The quantitative estimate of drug-likeness (QED) is 0.812. The van der Waals surface area contributed by atoms with Crippen LogP contribution in [0.3, 0.4) is 0 Å². The minimum Gasteiger partial charge on any atom is -0.331 e. The lowest BCUT2D eigenvalue weighted by Gasteiger charge is -2.27. The van der Waals surface area contributed by atoms with Crippen LogP contribution in [0.5, 0.6) is 0 Å². The maximum absolute atomic E-state index is 12.6. The SMILES string of the molecule is O=C(c1c[nH]c(=O)c(Br)c1)N1C2CCNCC1CC2. The summed E-state index contributed by atoms with van der Waals surface area (Å²) in [5.74, 6) is 0.0214. The summed E-state index contributed by atoms with van der Waals surface area (Å²) < 4.78 is 0.402. The van der Waals surface area contributed by atoms with Gasteiger partial charge < -0.3 is 15.2 Å². The van der Waals surface area contributed by atoms with Gasteiger partial charge >= 0.3 is 0 Å². The lowest BCUT2D eigenvalue weighted by atomic mass is 10.1. The zero-order valence-corrected chi connectivity index (χ0v) is 12.1. The molecule has 2 bridgehead atoms. The fraction of sp³-hybridized carbons (Fsp3) is 0.538. The Labute approximate surface area is 119 Å². The number of nitrogens with zero attached hydrogens (tertiary/aromatic N) is 1. The third kappa shape index (κ3) is 2.34. The van der Waals surface area contributed by atoms with Gasteiger partial charge in [-0.3, -0.25) is 9.59 Å². The maximum Gasteiger partial charge on any atom is 0.262 e.